The highest BCUT2D eigenvalue weighted by Gasteiger charge is 2.31. The van der Waals surface area contributed by atoms with Gasteiger partial charge < -0.3 is 16.0 Å². The molecular weight excluding hydrogens is 523 g/mol. The van der Waals surface area contributed by atoms with E-state index in [1.54, 1.807) is 21.7 Å². The molecule has 2 amide bonds. The molecule has 0 bridgehead atoms. The summed E-state index contributed by atoms with van der Waals surface area (Å²) in [5.74, 6) is -0.467. The predicted octanol–water partition coefficient (Wildman–Crippen LogP) is 4.37. The number of carbonyl (C=O) groups is 2. The Kier molecular flexibility index (Phi) is 7.24. The highest BCUT2D eigenvalue weighted by molar-refractivity contribution is 5.98. The van der Waals surface area contributed by atoms with Crippen LogP contribution in [0.25, 0.3) is 22.3 Å². The van der Waals surface area contributed by atoms with E-state index < -0.39 is 17.6 Å². The summed E-state index contributed by atoms with van der Waals surface area (Å²) in [6, 6.07) is 11.4. The van der Waals surface area contributed by atoms with Gasteiger partial charge >= 0.3 is 6.18 Å². The Morgan fingerprint density at radius 2 is 1.93 bits per heavy atom. The first-order chi connectivity index (χ1) is 19.2. The van der Waals surface area contributed by atoms with Gasteiger partial charge in [0.15, 0.2) is 5.65 Å². The van der Waals surface area contributed by atoms with Gasteiger partial charge in [-0.15, -0.1) is 0 Å². The average Bonchev–Trinajstić information content (AvgIpc) is 3.36. The van der Waals surface area contributed by atoms with E-state index in [4.69, 9.17) is 10.8 Å². The highest BCUT2D eigenvalue weighted by atomic mass is 19.4. The molecule has 1 aliphatic heterocycles. The molecular formula is C28H26F3N7O2. The molecule has 5 rings (SSSR count). The van der Waals surface area contributed by atoms with Crippen molar-refractivity contribution in [2.75, 3.05) is 18.8 Å². The Bertz CT molecular complexity index is 1580. The molecule has 206 valence electrons. The molecule has 12 heteroatoms. The second kappa shape index (κ2) is 10.8. The van der Waals surface area contributed by atoms with Crippen molar-refractivity contribution < 1.29 is 22.8 Å². The third-order valence-corrected chi connectivity index (χ3v) is 6.88. The fraction of sp³-hybridized carbons (Fsp3) is 0.250. The van der Waals surface area contributed by atoms with E-state index >= 15 is 0 Å². The van der Waals surface area contributed by atoms with Gasteiger partial charge in [-0.05, 0) is 42.7 Å². The van der Waals surface area contributed by atoms with Gasteiger partial charge in [-0.2, -0.15) is 18.3 Å². The first-order valence-corrected chi connectivity index (χ1v) is 12.6. The number of rotatable bonds is 6. The lowest BCUT2D eigenvalue weighted by Crippen LogP contribution is -2.40. The summed E-state index contributed by atoms with van der Waals surface area (Å²) in [5, 5.41) is 8.09. The van der Waals surface area contributed by atoms with Crippen LogP contribution < -0.4 is 11.1 Å². The molecule has 9 nitrogen and oxygen atoms in total. The zero-order chi connectivity index (χ0) is 28.4. The summed E-state index contributed by atoms with van der Waals surface area (Å²) in [6.07, 6.45) is -0.227. The number of hydrogen-bond acceptors (Lipinski definition) is 6. The Morgan fingerprint density at radius 1 is 1.15 bits per heavy atom. The second-order valence-electron chi connectivity index (χ2n) is 9.49. The van der Waals surface area contributed by atoms with Crippen LogP contribution >= 0.6 is 0 Å². The van der Waals surface area contributed by atoms with Gasteiger partial charge in [0.1, 0.15) is 17.8 Å². The molecule has 3 heterocycles. The minimum atomic E-state index is -4.53. The number of alkyl halides is 3. The number of nitrogens with one attached hydrogen (secondary N) is 1. The molecule has 2 aromatic carbocycles. The summed E-state index contributed by atoms with van der Waals surface area (Å²) >= 11 is 0. The highest BCUT2D eigenvalue weighted by Crippen LogP contribution is 2.34. The molecule has 1 aliphatic rings. The first-order valence-electron chi connectivity index (χ1n) is 12.6. The van der Waals surface area contributed by atoms with Crippen molar-refractivity contribution in [3.05, 3.63) is 84.2 Å². The van der Waals surface area contributed by atoms with Crippen LogP contribution in [0.5, 0.6) is 0 Å². The van der Waals surface area contributed by atoms with Crippen LogP contribution in [0.15, 0.2) is 67.5 Å². The lowest BCUT2D eigenvalue weighted by molar-refractivity contribution is -0.137. The van der Waals surface area contributed by atoms with Crippen LogP contribution in [0.1, 0.15) is 40.4 Å². The number of carbonyl (C=O) groups excluding carboxylic acids is 2. The van der Waals surface area contributed by atoms with Crippen LogP contribution in [0.3, 0.4) is 0 Å². The molecule has 2 aromatic heterocycles. The predicted molar refractivity (Wildman–Crippen MR) is 143 cm³/mol. The zero-order valence-corrected chi connectivity index (χ0v) is 21.4. The van der Waals surface area contributed by atoms with Crippen LogP contribution in [0.4, 0.5) is 19.0 Å². The number of nitrogens with zero attached hydrogens (tertiary/aromatic N) is 5. The summed E-state index contributed by atoms with van der Waals surface area (Å²) in [4.78, 5) is 35.0. The van der Waals surface area contributed by atoms with E-state index in [0.29, 0.717) is 29.8 Å². The molecule has 4 aromatic rings. The van der Waals surface area contributed by atoms with Crippen molar-refractivity contribution in [1.82, 2.24) is 30.0 Å². The van der Waals surface area contributed by atoms with Crippen LogP contribution in [-0.4, -0.2) is 49.6 Å². The van der Waals surface area contributed by atoms with Crippen LogP contribution in [0.2, 0.25) is 0 Å². The number of piperidine rings is 1. The van der Waals surface area contributed by atoms with Crippen molar-refractivity contribution in [2.24, 2.45) is 0 Å². The fourth-order valence-corrected chi connectivity index (χ4v) is 4.84. The van der Waals surface area contributed by atoms with Crippen molar-refractivity contribution in [2.45, 2.75) is 31.6 Å². The first kappa shape index (κ1) is 26.9. The molecule has 1 atom stereocenters. The summed E-state index contributed by atoms with van der Waals surface area (Å²) in [6.45, 7) is 4.81. The smallest absolute Gasteiger partial charge is 0.383 e. The number of benzene rings is 2. The van der Waals surface area contributed by atoms with Crippen molar-refractivity contribution >= 4 is 28.7 Å². The Labute approximate surface area is 227 Å². The Morgan fingerprint density at radius 3 is 2.65 bits per heavy atom. The van der Waals surface area contributed by atoms with Gasteiger partial charge in [-0.25, -0.2) is 14.6 Å². The van der Waals surface area contributed by atoms with E-state index in [-0.39, 0.29) is 29.9 Å². The molecule has 40 heavy (non-hydrogen) atoms. The quantitative estimate of drug-likeness (QED) is 0.345. The van der Waals surface area contributed by atoms with Crippen LogP contribution in [0, 0.1) is 0 Å². The largest absolute Gasteiger partial charge is 0.416 e. The molecule has 0 spiro atoms. The van der Waals surface area contributed by atoms with Gasteiger partial charge in [-0.1, -0.05) is 36.9 Å². The number of hydrogen-bond donors (Lipinski definition) is 2. The molecule has 1 fully saturated rings. The van der Waals surface area contributed by atoms with Crippen molar-refractivity contribution in [3.63, 3.8) is 0 Å². The summed E-state index contributed by atoms with van der Waals surface area (Å²) in [7, 11) is 0. The molecule has 0 radical (unpaired) electrons. The maximum atomic E-state index is 13.0. The van der Waals surface area contributed by atoms with Gasteiger partial charge in [-0.3, -0.25) is 9.59 Å². The second-order valence-corrected chi connectivity index (χ2v) is 9.49. The Balaban J connectivity index is 1.36. The minimum Gasteiger partial charge on any atom is -0.383 e. The maximum Gasteiger partial charge on any atom is 0.416 e. The molecule has 0 unspecified atom stereocenters. The number of likely N-dealkylation sites (tertiary alicyclic amines) is 1. The summed E-state index contributed by atoms with van der Waals surface area (Å²) in [5.41, 5.74) is 7.91. The van der Waals surface area contributed by atoms with Crippen LogP contribution in [-0.2, 0) is 17.5 Å². The van der Waals surface area contributed by atoms with Crippen molar-refractivity contribution in [3.8, 4) is 11.3 Å². The molecule has 0 saturated carbocycles. The number of amides is 2. The van der Waals surface area contributed by atoms with Gasteiger partial charge in [0.2, 0.25) is 5.91 Å². The number of fused-ring (bicyclic) bond motifs is 1. The SMILES string of the molecule is C=CC(=O)N1CCC[C@@H](n2nc(-c3ccc(CNC(=O)c4cccc(C(F)(F)F)c4)cc3)c3c(N)ncnc32)C1. The van der Waals surface area contributed by atoms with E-state index in [2.05, 4.69) is 21.9 Å². The van der Waals surface area contributed by atoms with E-state index in [0.717, 1.165) is 36.1 Å². The molecule has 0 aliphatic carbocycles. The number of halogens is 3. The summed E-state index contributed by atoms with van der Waals surface area (Å²) < 4.78 is 40.7. The van der Waals surface area contributed by atoms with E-state index in [1.807, 2.05) is 12.1 Å². The monoisotopic (exact) mass is 549 g/mol. The number of nitrogens with two attached hydrogens (primary N) is 1. The lowest BCUT2D eigenvalue weighted by Gasteiger charge is -2.32. The molecule has 3 N–H and O–H groups in total. The Hall–Kier alpha value is -4.74. The lowest BCUT2D eigenvalue weighted by atomic mass is 10.1. The van der Waals surface area contributed by atoms with E-state index in [1.165, 1.54) is 24.5 Å². The normalized spacial score (nSPS) is 15.7. The number of anilines is 1. The third-order valence-electron chi connectivity index (χ3n) is 6.88. The fourth-order valence-electron chi connectivity index (χ4n) is 4.84. The standard InChI is InChI=1S/C28H26F3N7O2/c1-2-22(39)37-12-4-7-21(15-37)38-26-23(25(32)34-16-35-26)24(36-38)18-10-8-17(9-11-18)14-33-27(40)19-5-3-6-20(13-19)28(29,30)31/h2-3,5-6,8-11,13,16,21H,1,4,7,12,14-15H2,(H,33,40)(H2,32,34,35)/t21-/m1/s1. The maximum absolute atomic E-state index is 13.0. The number of nitrogen functional groups attached to an aromatic ring is 1. The number of aromatic nitrogens is 4. The topological polar surface area (TPSA) is 119 Å². The van der Waals surface area contributed by atoms with Crippen molar-refractivity contribution in [1.29, 1.82) is 0 Å². The minimum absolute atomic E-state index is 0.0741. The zero-order valence-electron chi connectivity index (χ0n) is 21.4. The van der Waals surface area contributed by atoms with E-state index in [9.17, 15) is 22.8 Å². The average molecular weight is 550 g/mol. The molecule has 1 saturated heterocycles. The van der Waals surface area contributed by atoms with Gasteiger partial charge in [0.05, 0.1) is 17.0 Å². The third kappa shape index (κ3) is 5.37. The van der Waals surface area contributed by atoms with Gasteiger partial charge in [0.25, 0.3) is 5.91 Å². The van der Waals surface area contributed by atoms with Gasteiger partial charge in [0, 0.05) is 30.8 Å².